The van der Waals surface area contributed by atoms with Crippen LogP contribution in [0.15, 0.2) is 53.4 Å². The lowest BCUT2D eigenvalue weighted by Crippen LogP contribution is -2.31. The van der Waals surface area contributed by atoms with Crippen LogP contribution in [0.3, 0.4) is 0 Å². The fourth-order valence-corrected chi connectivity index (χ4v) is 4.20. The van der Waals surface area contributed by atoms with Gasteiger partial charge < -0.3 is 5.32 Å². The van der Waals surface area contributed by atoms with Crippen LogP contribution < -0.4 is 10.2 Å². The molecule has 3 amide bonds. The molecule has 0 aliphatic carbocycles. The van der Waals surface area contributed by atoms with Crippen molar-refractivity contribution in [3.8, 4) is 0 Å². The van der Waals surface area contributed by atoms with Gasteiger partial charge in [0.25, 0.3) is 0 Å². The fourth-order valence-electron chi connectivity index (χ4n) is 2.79. The summed E-state index contributed by atoms with van der Waals surface area (Å²) < 4.78 is 1.05. The molecule has 3 rings (SSSR count). The van der Waals surface area contributed by atoms with E-state index in [1.54, 1.807) is 12.1 Å². The van der Waals surface area contributed by atoms with E-state index in [-0.39, 0.29) is 24.1 Å². The molecule has 0 saturated carbocycles. The van der Waals surface area contributed by atoms with Crippen molar-refractivity contribution in [1.29, 1.82) is 0 Å². The first-order chi connectivity index (χ1) is 13.0. The third kappa shape index (κ3) is 4.90. The Bertz CT molecular complexity index is 853. The van der Waals surface area contributed by atoms with Crippen molar-refractivity contribution in [2.75, 3.05) is 10.2 Å². The number of hydrogen-bond donors (Lipinski definition) is 1. The zero-order valence-electron chi connectivity index (χ0n) is 14.8. The summed E-state index contributed by atoms with van der Waals surface area (Å²) in [6, 6.07) is 14.7. The van der Waals surface area contributed by atoms with E-state index in [1.165, 1.54) is 16.7 Å². The Morgan fingerprint density at radius 2 is 1.81 bits per heavy atom. The molecule has 1 unspecified atom stereocenters. The van der Waals surface area contributed by atoms with Gasteiger partial charge in [-0.05, 0) is 77.5 Å². The Balaban J connectivity index is 1.66. The minimum atomic E-state index is -0.433. The van der Waals surface area contributed by atoms with Gasteiger partial charge in [0.2, 0.25) is 17.7 Å². The van der Waals surface area contributed by atoms with Crippen LogP contribution >= 0.6 is 34.4 Å². The van der Waals surface area contributed by atoms with Crippen LogP contribution in [-0.2, 0) is 14.4 Å². The lowest BCUT2D eigenvalue weighted by atomic mass is 10.3. The van der Waals surface area contributed by atoms with E-state index in [4.69, 9.17) is 0 Å². The Hall–Kier alpha value is -1.87. The highest BCUT2D eigenvalue weighted by Gasteiger charge is 2.40. The predicted molar refractivity (Wildman–Crippen MR) is 116 cm³/mol. The van der Waals surface area contributed by atoms with E-state index >= 15 is 0 Å². The first-order valence-electron chi connectivity index (χ1n) is 8.67. The highest BCUT2D eigenvalue weighted by Crippen LogP contribution is 2.34. The molecule has 140 valence electrons. The van der Waals surface area contributed by atoms with E-state index < -0.39 is 5.25 Å². The topological polar surface area (TPSA) is 66.5 Å². The van der Waals surface area contributed by atoms with Crippen molar-refractivity contribution in [3.63, 3.8) is 0 Å². The standard InChI is InChI=1S/C20H19IN2O3S/c1-2-3-18(24)22-14-6-10-16(11-7-14)27-17-12-19(25)23(20(17)26)15-8-4-13(21)5-9-15/h4-11,17H,2-3,12H2,1H3,(H,22,24). The predicted octanol–water partition coefficient (Wildman–Crippen LogP) is 4.45. The van der Waals surface area contributed by atoms with Gasteiger partial charge in [0.15, 0.2) is 0 Å². The number of nitrogens with one attached hydrogen (secondary N) is 1. The number of imide groups is 1. The molecule has 27 heavy (non-hydrogen) atoms. The van der Waals surface area contributed by atoms with Gasteiger partial charge in [-0.1, -0.05) is 6.92 Å². The third-order valence-electron chi connectivity index (χ3n) is 4.08. The van der Waals surface area contributed by atoms with Gasteiger partial charge in [-0.3, -0.25) is 14.4 Å². The van der Waals surface area contributed by atoms with Crippen LogP contribution in [0.1, 0.15) is 26.2 Å². The molecule has 1 saturated heterocycles. The minimum absolute atomic E-state index is 0.0114. The lowest BCUT2D eigenvalue weighted by Gasteiger charge is -2.15. The second-order valence-corrected chi connectivity index (χ2v) is 8.70. The summed E-state index contributed by atoms with van der Waals surface area (Å²) in [7, 11) is 0. The fraction of sp³-hybridized carbons (Fsp3) is 0.250. The van der Waals surface area contributed by atoms with Crippen LogP contribution in [0.5, 0.6) is 0 Å². The highest BCUT2D eigenvalue weighted by molar-refractivity contribution is 14.1. The first-order valence-corrected chi connectivity index (χ1v) is 10.6. The highest BCUT2D eigenvalue weighted by atomic mass is 127. The average Bonchev–Trinajstić information content (AvgIpc) is 2.91. The van der Waals surface area contributed by atoms with Crippen LogP contribution in [0, 0.1) is 3.57 Å². The molecule has 1 aliphatic heterocycles. The average molecular weight is 494 g/mol. The molecule has 2 aromatic rings. The van der Waals surface area contributed by atoms with E-state index in [0.717, 1.165) is 20.6 Å². The molecular weight excluding hydrogens is 475 g/mol. The van der Waals surface area contributed by atoms with Crippen LogP contribution in [0.25, 0.3) is 0 Å². The normalized spacial score (nSPS) is 16.7. The van der Waals surface area contributed by atoms with Gasteiger partial charge in [-0.15, -0.1) is 11.8 Å². The van der Waals surface area contributed by atoms with Crippen LogP contribution in [0.2, 0.25) is 0 Å². The number of anilines is 2. The van der Waals surface area contributed by atoms with Crippen molar-refractivity contribution < 1.29 is 14.4 Å². The molecule has 2 aromatic carbocycles. The summed E-state index contributed by atoms with van der Waals surface area (Å²) in [5, 5.41) is 2.40. The van der Waals surface area contributed by atoms with Gasteiger partial charge in [-0.2, -0.15) is 0 Å². The van der Waals surface area contributed by atoms with Gasteiger partial charge in [0, 0.05) is 27.0 Å². The van der Waals surface area contributed by atoms with Crippen molar-refractivity contribution in [2.24, 2.45) is 0 Å². The SMILES string of the molecule is CCCC(=O)Nc1ccc(SC2CC(=O)N(c3ccc(I)cc3)C2=O)cc1. The largest absolute Gasteiger partial charge is 0.326 e. The van der Waals surface area contributed by atoms with E-state index in [2.05, 4.69) is 27.9 Å². The van der Waals surface area contributed by atoms with E-state index in [1.807, 2.05) is 43.3 Å². The quantitative estimate of drug-likeness (QED) is 0.476. The minimum Gasteiger partial charge on any atom is -0.326 e. The van der Waals surface area contributed by atoms with Crippen molar-refractivity contribution >= 4 is 63.4 Å². The first kappa shape index (κ1) is 19.9. The maximum Gasteiger partial charge on any atom is 0.247 e. The molecule has 1 fully saturated rings. The number of amides is 3. The Morgan fingerprint density at radius 1 is 1.15 bits per heavy atom. The summed E-state index contributed by atoms with van der Waals surface area (Å²) in [5.41, 5.74) is 1.34. The van der Waals surface area contributed by atoms with E-state index in [0.29, 0.717) is 12.1 Å². The molecule has 0 aromatic heterocycles. The van der Waals surface area contributed by atoms with Gasteiger partial charge in [0.1, 0.15) is 0 Å². The molecule has 0 bridgehead atoms. The number of carbonyl (C=O) groups is 3. The van der Waals surface area contributed by atoms with Crippen LogP contribution in [-0.4, -0.2) is 23.0 Å². The van der Waals surface area contributed by atoms with Crippen molar-refractivity contribution in [2.45, 2.75) is 36.3 Å². The Kier molecular flexibility index (Phi) is 6.54. The zero-order valence-corrected chi connectivity index (χ0v) is 17.7. The summed E-state index contributed by atoms with van der Waals surface area (Å²) in [5.74, 6) is -0.378. The van der Waals surface area contributed by atoms with E-state index in [9.17, 15) is 14.4 Å². The number of halogens is 1. The Morgan fingerprint density at radius 3 is 2.44 bits per heavy atom. The molecule has 1 N–H and O–H groups in total. The summed E-state index contributed by atoms with van der Waals surface area (Å²) in [6.07, 6.45) is 1.47. The molecule has 0 radical (unpaired) electrons. The van der Waals surface area contributed by atoms with Gasteiger partial charge in [0.05, 0.1) is 10.9 Å². The van der Waals surface area contributed by atoms with Gasteiger partial charge >= 0.3 is 0 Å². The smallest absolute Gasteiger partial charge is 0.247 e. The molecule has 1 atom stereocenters. The Labute approximate surface area is 176 Å². The number of benzene rings is 2. The van der Waals surface area contributed by atoms with Crippen LogP contribution in [0.4, 0.5) is 11.4 Å². The third-order valence-corrected chi connectivity index (χ3v) is 6.00. The zero-order chi connectivity index (χ0) is 19.4. The summed E-state index contributed by atoms with van der Waals surface area (Å²) >= 11 is 3.56. The number of rotatable bonds is 6. The van der Waals surface area contributed by atoms with Crippen molar-refractivity contribution in [1.82, 2.24) is 0 Å². The maximum absolute atomic E-state index is 12.7. The molecule has 7 heteroatoms. The number of nitrogens with zero attached hydrogens (tertiary/aromatic N) is 1. The number of hydrogen-bond acceptors (Lipinski definition) is 4. The number of carbonyl (C=O) groups excluding carboxylic acids is 3. The maximum atomic E-state index is 12.7. The number of thioether (sulfide) groups is 1. The molecule has 5 nitrogen and oxygen atoms in total. The van der Waals surface area contributed by atoms with Gasteiger partial charge in [-0.25, -0.2) is 4.90 Å². The second kappa shape index (κ2) is 8.88. The molecule has 1 aliphatic rings. The monoisotopic (exact) mass is 494 g/mol. The molecular formula is C20H19IN2O3S. The summed E-state index contributed by atoms with van der Waals surface area (Å²) in [6.45, 7) is 1.96. The summed E-state index contributed by atoms with van der Waals surface area (Å²) in [4.78, 5) is 38.9. The second-order valence-electron chi connectivity index (χ2n) is 6.18. The lowest BCUT2D eigenvalue weighted by molar-refractivity contribution is -0.121. The molecule has 1 heterocycles. The van der Waals surface area contributed by atoms with Crippen molar-refractivity contribution in [3.05, 3.63) is 52.1 Å². The molecule has 0 spiro atoms.